The summed E-state index contributed by atoms with van der Waals surface area (Å²) in [4.78, 5) is 22.4. The molecule has 5 nitrogen and oxygen atoms in total. The van der Waals surface area contributed by atoms with Gasteiger partial charge < -0.3 is 10.2 Å². The highest BCUT2D eigenvalue weighted by Gasteiger charge is 2.10. The molecule has 1 heterocycles. The lowest BCUT2D eigenvalue weighted by atomic mass is 10.1. The van der Waals surface area contributed by atoms with E-state index >= 15 is 0 Å². The number of hydrogen-bond acceptors (Lipinski definition) is 4. The Kier molecular flexibility index (Phi) is 5.47. The first-order valence-electron chi connectivity index (χ1n) is 7.47. The molecule has 116 valence electrons. The Bertz CT molecular complexity index is 596. The minimum Gasteiger partial charge on any atom is -0.352 e. The molecule has 0 saturated carbocycles. The van der Waals surface area contributed by atoms with Crippen LogP contribution in [0.4, 0.5) is 11.6 Å². The van der Waals surface area contributed by atoms with Crippen LogP contribution in [0.3, 0.4) is 0 Å². The monoisotopic (exact) mass is 298 g/mol. The number of hydrogen-bond donors (Lipinski definition) is 1. The van der Waals surface area contributed by atoms with Gasteiger partial charge in [0.2, 0.25) is 5.95 Å². The van der Waals surface area contributed by atoms with E-state index in [0.717, 1.165) is 12.1 Å². The maximum atomic E-state index is 12.0. The lowest BCUT2D eigenvalue weighted by Gasteiger charge is -2.16. The Labute approximate surface area is 131 Å². The van der Waals surface area contributed by atoms with Gasteiger partial charge in [-0.3, -0.25) is 4.79 Å². The van der Waals surface area contributed by atoms with Gasteiger partial charge in [-0.1, -0.05) is 32.0 Å². The summed E-state index contributed by atoms with van der Waals surface area (Å²) in [5.41, 5.74) is 1.48. The molecule has 0 unspecified atom stereocenters. The highest BCUT2D eigenvalue weighted by molar-refractivity contribution is 5.93. The molecule has 0 spiro atoms. The molecular weight excluding hydrogens is 276 g/mol. The zero-order valence-electron chi connectivity index (χ0n) is 13.3. The SMILES string of the molecule is CC(C)CCNC(=O)c1cnc(N(C)c2ccccc2)nc1. The van der Waals surface area contributed by atoms with E-state index in [1.54, 1.807) is 12.4 Å². The standard InChI is InChI=1S/C17H22N4O/c1-13(2)9-10-18-16(22)14-11-19-17(20-12-14)21(3)15-7-5-4-6-8-15/h4-8,11-13H,9-10H2,1-3H3,(H,18,22). The first kappa shape index (κ1) is 15.9. The third-order valence-corrected chi connectivity index (χ3v) is 3.35. The quantitative estimate of drug-likeness (QED) is 0.890. The third kappa shape index (κ3) is 4.28. The minimum absolute atomic E-state index is 0.130. The minimum atomic E-state index is -0.130. The van der Waals surface area contributed by atoms with Crippen molar-refractivity contribution >= 4 is 17.5 Å². The number of carbonyl (C=O) groups is 1. The number of benzene rings is 1. The van der Waals surface area contributed by atoms with Crippen LogP contribution < -0.4 is 10.2 Å². The number of aromatic nitrogens is 2. The van der Waals surface area contributed by atoms with Gasteiger partial charge in [-0.2, -0.15) is 0 Å². The zero-order valence-corrected chi connectivity index (χ0v) is 13.3. The van der Waals surface area contributed by atoms with Crippen molar-refractivity contribution in [1.29, 1.82) is 0 Å². The van der Waals surface area contributed by atoms with E-state index in [0.29, 0.717) is 24.0 Å². The van der Waals surface area contributed by atoms with Gasteiger partial charge in [0.05, 0.1) is 5.56 Å². The lowest BCUT2D eigenvalue weighted by molar-refractivity contribution is 0.0951. The average Bonchev–Trinajstić information content (AvgIpc) is 2.54. The number of rotatable bonds is 6. The molecular formula is C17H22N4O. The van der Waals surface area contributed by atoms with Crippen LogP contribution in [0.15, 0.2) is 42.7 Å². The van der Waals surface area contributed by atoms with Gasteiger partial charge in [-0.05, 0) is 24.5 Å². The van der Waals surface area contributed by atoms with Gasteiger partial charge in [0.15, 0.2) is 0 Å². The van der Waals surface area contributed by atoms with Crippen molar-refractivity contribution < 1.29 is 4.79 Å². The largest absolute Gasteiger partial charge is 0.352 e. The summed E-state index contributed by atoms with van der Waals surface area (Å²) >= 11 is 0. The van der Waals surface area contributed by atoms with Crippen LogP contribution in [0.5, 0.6) is 0 Å². The van der Waals surface area contributed by atoms with E-state index in [1.165, 1.54) is 0 Å². The van der Waals surface area contributed by atoms with Crippen LogP contribution in [0, 0.1) is 5.92 Å². The molecule has 0 aliphatic rings. The Hall–Kier alpha value is -2.43. The van der Waals surface area contributed by atoms with Crippen molar-refractivity contribution in [3.05, 3.63) is 48.3 Å². The van der Waals surface area contributed by atoms with Gasteiger partial charge in [-0.25, -0.2) is 9.97 Å². The molecule has 5 heteroatoms. The molecule has 0 atom stereocenters. The molecule has 0 fully saturated rings. The van der Waals surface area contributed by atoms with E-state index in [-0.39, 0.29) is 5.91 Å². The normalized spacial score (nSPS) is 10.5. The second-order valence-electron chi connectivity index (χ2n) is 5.60. The summed E-state index contributed by atoms with van der Waals surface area (Å²) in [6, 6.07) is 9.85. The summed E-state index contributed by atoms with van der Waals surface area (Å²) in [6.45, 7) is 4.93. The van der Waals surface area contributed by atoms with Crippen LogP contribution in [0.25, 0.3) is 0 Å². The summed E-state index contributed by atoms with van der Waals surface area (Å²) in [7, 11) is 1.90. The fourth-order valence-electron chi connectivity index (χ4n) is 1.96. The number of nitrogens with one attached hydrogen (secondary N) is 1. The molecule has 22 heavy (non-hydrogen) atoms. The topological polar surface area (TPSA) is 58.1 Å². The highest BCUT2D eigenvalue weighted by atomic mass is 16.1. The van der Waals surface area contributed by atoms with E-state index in [1.807, 2.05) is 42.3 Å². The van der Waals surface area contributed by atoms with Gasteiger partial charge in [-0.15, -0.1) is 0 Å². The summed E-state index contributed by atoms with van der Waals surface area (Å²) < 4.78 is 0. The van der Waals surface area contributed by atoms with Crippen LogP contribution in [-0.2, 0) is 0 Å². The Morgan fingerprint density at radius 1 is 1.18 bits per heavy atom. The molecule has 2 rings (SSSR count). The predicted molar refractivity (Wildman–Crippen MR) is 88.3 cm³/mol. The van der Waals surface area contributed by atoms with Crippen molar-refractivity contribution in [3.8, 4) is 0 Å². The number of nitrogens with zero attached hydrogens (tertiary/aromatic N) is 3. The van der Waals surface area contributed by atoms with E-state index < -0.39 is 0 Å². The fourth-order valence-corrected chi connectivity index (χ4v) is 1.96. The first-order valence-corrected chi connectivity index (χ1v) is 7.47. The number of amides is 1. The molecule has 1 N–H and O–H groups in total. The highest BCUT2D eigenvalue weighted by Crippen LogP contribution is 2.18. The average molecular weight is 298 g/mol. The summed E-state index contributed by atoms with van der Waals surface area (Å²) in [6.07, 6.45) is 4.08. The van der Waals surface area contributed by atoms with Crippen molar-refractivity contribution in [2.45, 2.75) is 20.3 Å². The van der Waals surface area contributed by atoms with Crippen LogP contribution >= 0.6 is 0 Å². The Balaban J connectivity index is 1.99. The van der Waals surface area contributed by atoms with Gasteiger partial charge >= 0.3 is 0 Å². The lowest BCUT2D eigenvalue weighted by Crippen LogP contribution is -2.25. The van der Waals surface area contributed by atoms with Crippen molar-refractivity contribution in [2.24, 2.45) is 5.92 Å². The maximum Gasteiger partial charge on any atom is 0.254 e. The van der Waals surface area contributed by atoms with E-state index in [4.69, 9.17) is 0 Å². The van der Waals surface area contributed by atoms with Crippen LogP contribution in [0.1, 0.15) is 30.6 Å². The molecule has 0 bridgehead atoms. The van der Waals surface area contributed by atoms with Gasteiger partial charge in [0, 0.05) is 31.7 Å². The third-order valence-electron chi connectivity index (χ3n) is 3.35. The van der Waals surface area contributed by atoms with E-state index in [9.17, 15) is 4.79 Å². The predicted octanol–water partition coefficient (Wildman–Crippen LogP) is 3.02. The molecule has 0 radical (unpaired) electrons. The maximum absolute atomic E-state index is 12.0. The summed E-state index contributed by atoms with van der Waals surface area (Å²) in [5, 5.41) is 2.88. The van der Waals surface area contributed by atoms with Crippen LogP contribution in [0.2, 0.25) is 0 Å². The van der Waals surface area contributed by atoms with Crippen LogP contribution in [-0.4, -0.2) is 29.5 Å². The molecule has 1 aromatic heterocycles. The Morgan fingerprint density at radius 3 is 2.41 bits per heavy atom. The van der Waals surface area contributed by atoms with Gasteiger partial charge in [0.1, 0.15) is 0 Å². The molecule has 0 aliphatic carbocycles. The first-order chi connectivity index (χ1) is 10.6. The molecule has 1 aromatic carbocycles. The molecule has 2 aromatic rings. The molecule has 0 saturated heterocycles. The van der Waals surface area contributed by atoms with Gasteiger partial charge in [0.25, 0.3) is 5.91 Å². The number of carbonyl (C=O) groups excluding carboxylic acids is 1. The fraction of sp³-hybridized carbons (Fsp3) is 0.353. The van der Waals surface area contributed by atoms with E-state index in [2.05, 4.69) is 29.1 Å². The zero-order chi connectivity index (χ0) is 15.9. The Morgan fingerprint density at radius 2 is 1.82 bits per heavy atom. The second-order valence-corrected chi connectivity index (χ2v) is 5.60. The second kappa shape index (κ2) is 7.54. The number of anilines is 2. The number of para-hydroxylation sites is 1. The summed E-state index contributed by atoms with van der Waals surface area (Å²) in [5.74, 6) is 0.998. The van der Waals surface area contributed by atoms with Crippen molar-refractivity contribution in [2.75, 3.05) is 18.5 Å². The van der Waals surface area contributed by atoms with Crippen molar-refractivity contribution in [3.63, 3.8) is 0 Å². The van der Waals surface area contributed by atoms with Crippen molar-refractivity contribution in [1.82, 2.24) is 15.3 Å². The smallest absolute Gasteiger partial charge is 0.254 e. The molecule has 1 amide bonds. The molecule has 0 aliphatic heterocycles.